The first-order valence-corrected chi connectivity index (χ1v) is 11.7. The summed E-state index contributed by atoms with van der Waals surface area (Å²) < 4.78 is 0.908. The third-order valence-electron chi connectivity index (χ3n) is 5.73. The number of rotatable bonds is 5. The van der Waals surface area contributed by atoms with E-state index in [1.807, 2.05) is 18.2 Å². The fourth-order valence-electron chi connectivity index (χ4n) is 4.23. The lowest BCUT2D eigenvalue weighted by Crippen LogP contribution is -3.10. The molecule has 2 aromatic carbocycles. The lowest BCUT2D eigenvalue weighted by Gasteiger charge is -2.11. The normalized spacial score (nSPS) is 17.0. The van der Waals surface area contributed by atoms with Crippen LogP contribution < -0.4 is 17.3 Å². The van der Waals surface area contributed by atoms with Crippen LogP contribution in [0.4, 0.5) is 5.69 Å². The Bertz CT molecular complexity index is 1240. The van der Waals surface area contributed by atoms with Crippen molar-refractivity contribution in [2.75, 3.05) is 26.2 Å². The highest BCUT2D eigenvalue weighted by atomic mass is 79.9. The summed E-state index contributed by atoms with van der Waals surface area (Å²) in [6, 6.07) is 9.16. The molecule has 3 N–H and O–H groups in total. The van der Waals surface area contributed by atoms with Crippen molar-refractivity contribution in [3.63, 3.8) is 0 Å². The summed E-state index contributed by atoms with van der Waals surface area (Å²) in [5, 5.41) is 16.8. The number of aromatic amines is 1. The average molecular weight is 559 g/mol. The number of H-pyrrole nitrogens is 1. The van der Waals surface area contributed by atoms with Gasteiger partial charge in [0.25, 0.3) is 0 Å². The second-order valence-corrected chi connectivity index (χ2v) is 9.52. The van der Waals surface area contributed by atoms with E-state index in [1.165, 1.54) is 25.9 Å². The first-order valence-electron chi connectivity index (χ1n) is 10.1. The maximum atomic E-state index is 10.7. The monoisotopic (exact) mass is 556 g/mol. The highest BCUT2D eigenvalue weighted by Gasteiger charge is 2.30. The second kappa shape index (κ2) is 9.61. The molecule has 0 saturated carbocycles. The maximum absolute atomic E-state index is 10.7. The van der Waals surface area contributed by atoms with E-state index >= 15 is 0 Å². The van der Waals surface area contributed by atoms with Crippen LogP contribution in [0.25, 0.3) is 10.9 Å². The Hall–Kier alpha value is -1.77. The van der Waals surface area contributed by atoms with Gasteiger partial charge < -0.3 is 32.2 Å². The summed E-state index contributed by atoms with van der Waals surface area (Å²) >= 11 is 16.1. The molecule has 0 bridgehead atoms. The van der Waals surface area contributed by atoms with Crippen LogP contribution in [-0.4, -0.2) is 47.8 Å². The molecule has 0 atom stereocenters. The number of benzene rings is 2. The van der Waals surface area contributed by atoms with Crippen molar-refractivity contribution >= 4 is 67.1 Å². The Labute approximate surface area is 209 Å². The van der Waals surface area contributed by atoms with Crippen molar-refractivity contribution in [1.29, 1.82) is 0 Å². The van der Waals surface area contributed by atoms with E-state index in [0.717, 1.165) is 22.3 Å². The Kier molecular flexibility index (Phi) is 7.03. The number of nitrogens with zero attached hydrogens (tertiary/aromatic N) is 2. The van der Waals surface area contributed by atoms with Gasteiger partial charge in [-0.3, -0.25) is 0 Å². The number of aromatic hydroxyl groups is 1. The number of nitrogens with one attached hydrogen (secondary N) is 2. The molecule has 2 aliphatic heterocycles. The van der Waals surface area contributed by atoms with Crippen LogP contribution in [0, 0.1) is 0 Å². The summed E-state index contributed by atoms with van der Waals surface area (Å²) in [5.41, 5.74) is 3.77. The first-order chi connectivity index (χ1) is 15.0. The topological polar surface area (TPSA) is 74.4 Å². The predicted octanol–water partition coefficient (Wildman–Crippen LogP) is 1.48. The molecule has 32 heavy (non-hydrogen) atoms. The van der Waals surface area contributed by atoms with Gasteiger partial charge in [0.2, 0.25) is 0 Å². The van der Waals surface area contributed by atoms with E-state index in [1.54, 1.807) is 17.0 Å². The van der Waals surface area contributed by atoms with Gasteiger partial charge >= 0.3 is 0 Å². The molecular weight excluding hydrogens is 539 g/mol. The molecule has 1 aromatic heterocycles. The molecule has 0 amide bonds. The Morgan fingerprint density at radius 2 is 1.97 bits per heavy atom. The summed E-state index contributed by atoms with van der Waals surface area (Å²) in [6.07, 6.45) is 2.54. The minimum Gasteiger partial charge on any atom is -1.00 e. The van der Waals surface area contributed by atoms with E-state index in [9.17, 15) is 5.11 Å². The molecule has 1 saturated heterocycles. The Morgan fingerprint density at radius 3 is 2.75 bits per heavy atom. The number of aliphatic imine (C=N–C) groups is 1. The van der Waals surface area contributed by atoms with Gasteiger partial charge in [0, 0.05) is 33.3 Å². The van der Waals surface area contributed by atoms with Gasteiger partial charge in [0.05, 0.1) is 34.9 Å². The van der Waals surface area contributed by atoms with Gasteiger partial charge in [0.1, 0.15) is 18.0 Å². The van der Waals surface area contributed by atoms with E-state index in [2.05, 4.69) is 26.1 Å². The molecule has 0 unspecified atom stereocenters. The second-order valence-electron chi connectivity index (χ2n) is 7.76. The largest absolute Gasteiger partial charge is 1.00 e. The van der Waals surface area contributed by atoms with Crippen LogP contribution in [0.15, 0.2) is 45.0 Å². The first kappa shape index (κ1) is 23.4. The lowest BCUT2D eigenvalue weighted by molar-refractivity contribution is -0.887. The number of likely N-dealkylation sites (tertiary alicyclic amines) is 1. The number of aromatic nitrogens is 1. The molecule has 0 radical (unpaired) electrons. The van der Waals surface area contributed by atoms with E-state index in [-0.39, 0.29) is 18.3 Å². The van der Waals surface area contributed by atoms with Crippen LogP contribution in [0.1, 0.15) is 24.0 Å². The molecule has 6 nitrogen and oxygen atoms in total. The van der Waals surface area contributed by atoms with E-state index in [0.29, 0.717) is 44.5 Å². The third-order valence-corrected chi connectivity index (χ3v) is 6.73. The fraction of sp³-hybridized carbons (Fsp3) is 0.273. The van der Waals surface area contributed by atoms with Crippen molar-refractivity contribution in [3.8, 4) is 5.88 Å². The van der Waals surface area contributed by atoms with Crippen molar-refractivity contribution in [3.05, 3.63) is 56.0 Å². The molecule has 3 aromatic rings. The van der Waals surface area contributed by atoms with Gasteiger partial charge in [-0.2, -0.15) is 0 Å². The van der Waals surface area contributed by atoms with Crippen LogP contribution in [0.2, 0.25) is 10.0 Å². The number of quaternary nitrogens is 1. The zero-order chi connectivity index (χ0) is 21.5. The van der Waals surface area contributed by atoms with Gasteiger partial charge in [-0.25, -0.2) is 4.99 Å². The molecule has 2 aliphatic rings. The standard InChI is InChI=1S/C22H19BrCl2N4O2.ClH/c23-12-3-4-17-14(9-12)20(28-31-8-7-29-5-1-2-6-29)21(26-17)18-15-10-13(24)11-16(25)19(15)27-22(18)30;/h3-4,9-11,27,30H,1-2,5-8H2;1H/b28-20+;. The lowest BCUT2D eigenvalue weighted by atomic mass is 10.0. The maximum Gasteiger partial charge on any atom is 0.199 e. The molecule has 5 rings (SSSR count). The number of oxime groups is 1. The van der Waals surface area contributed by atoms with E-state index in [4.69, 9.17) is 33.0 Å². The molecule has 1 fully saturated rings. The minimum absolute atomic E-state index is 0. The van der Waals surface area contributed by atoms with Gasteiger partial charge in [0.15, 0.2) is 12.5 Å². The van der Waals surface area contributed by atoms with Crippen molar-refractivity contribution in [1.82, 2.24) is 4.98 Å². The summed E-state index contributed by atoms with van der Waals surface area (Å²) in [5.74, 6) is -0.0426. The van der Waals surface area contributed by atoms with Crippen LogP contribution in [-0.2, 0) is 4.84 Å². The Morgan fingerprint density at radius 1 is 1.19 bits per heavy atom. The minimum atomic E-state index is -0.0426. The van der Waals surface area contributed by atoms with Crippen LogP contribution >= 0.6 is 39.1 Å². The average Bonchev–Trinajstić information content (AvgIpc) is 3.43. The highest BCUT2D eigenvalue weighted by molar-refractivity contribution is 9.10. The quantitative estimate of drug-likeness (QED) is 0.328. The molecule has 0 aliphatic carbocycles. The van der Waals surface area contributed by atoms with Gasteiger partial charge in [-0.15, -0.1) is 0 Å². The highest BCUT2D eigenvalue weighted by Crippen LogP contribution is 2.39. The van der Waals surface area contributed by atoms with Crippen molar-refractivity contribution < 1.29 is 27.3 Å². The number of hydrogen-bond acceptors (Lipinski definition) is 4. The van der Waals surface area contributed by atoms with Crippen LogP contribution in [0.5, 0.6) is 5.88 Å². The van der Waals surface area contributed by atoms with Gasteiger partial charge in [-0.05, 0) is 30.3 Å². The van der Waals surface area contributed by atoms with Crippen LogP contribution in [0.3, 0.4) is 0 Å². The fourth-order valence-corrected chi connectivity index (χ4v) is 5.14. The molecule has 3 heterocycles. The zero-order valence-electron chi connectivity index (χ0n) is 16.9. The van der Waals surface area contributed by atoms with Crippen molar-refractivity contribution in [2.45, 2.75) is 12.8 Å². The number of fused-ring (bicyclic) bond motifs is 2. The molecular formula is C22H20BrCl3N4O2. The summed E-state index contributed by atoms with van der Waals surface area (Å²) in [6.45, 7) is 3.81. The predicted molar refractivity (Wildman–Crippen MR) is 128 cm³/mol. The smallest absolute Gasteiger partial charge is 0.199 e. The third kappa shape index (κ3) is 4.37. The SMILES string of the molecule is Oc1[nH]c2c(Cl)cc(Cl)cc2c1C1=Nc2ccc(Br)cc2/C1=N\OCC[NH+]1CCCC1.[Cl-]. The molecule has 10 heteroatoms. The van der Waals surface area contributed by atoms with Crippen molar-refractivity contribution in [2.24, 2.45) is 10.1 Å². The van der Waals surface area contributed by atoms with E-state index < -0.39 is 0 Å². The molecule has 0 spiro atoms. The summed E-state index contributed by atoms with van der Waals surface area (Å²) in [4.78, 5) is 15.0. The van der Waals surface area contributed by atoms with Gasteiger partial charge in [-0.1, -0.05) is 44.3 Å². The zero-order valence-corrected chi connectivity index (χ0v) is 20.7. The summed E-state index contributed by atoms with van der Waals surface area (Å²) in [7, 11) is 0. The number of hydrogen-bond donors (Lipinski definition) is 3. The number of halogens is 4. The molecule has 168 valence electrons. The Balaban J connectivity index is 0.00000245.